The Balaban J connectivity index is 1.40. The number of nitro groups is 1. The SMILES string of the molecule is O=C(Cc1n[nH]c(=O)c2ccccc12)N/N=C/c1ccc(-c2ccc([N+](=O)[O-])cc2)o1. The minimum Gasteiger partial charge on any atom is -0.455 e. The van der Waals surface area contributed by atoms with Crippen molar-refractivity contribution in [1.82, 2.24) is 15.6 Å². The Morgan fingerprint density at radius 3 is 2.61 bits per heavy atom. The fourth-order valence-corrected chi connectivity index (χ4v) is 2.99. The van der Waals surface area contributed by atoms with Gasteiger partial charge in [-0.2, -0.15) is 10.2 Å². The van der Waals surface area contributed by atoms with Crippen LogP contribution in [-0.2, 0) is 11.2 Å². The van der Waals surface area contributed by atoms with Gasteiger partial charge in [-0.15, -0.1) is 0 Å². The molecule has 1 amide bonds. The number of carbonyl (C=O) groups is 1. The molecule has 0 aliphatic carbocycles. The molecule has 2 aromatic heterocycles. The molecule has 31 heavy (non-hydrogen) atoms. The smallest absolute Gasteiger partial charge is 0.272 e. The molecule has 0 fully saturated rings. The first-order chi connectivity index (χ1) is 15.0. The molecular weight excluding hydrogens is 402 g/mol. The molecule has 0 saturated heterocycles. The van der Waals surface area contributed by atoms with Gasteiger partial charge in [0, 0.05) is 23.1 Å². The maximum Gasteiger partial charge on any atom is 0.272 e. The summed E-state index contributed by atoms with van der Waals surface area (Å²) in [5.41, 5.74) is 3.17. The van der Waals surface area contributed by atoms with E-state index in [1.807, 2.05) is 0 Å². The lowest BCUT2D eigenvalue weighted by molar-refractivity contribution is -0.384. The number of non-ortho nitro benzene ring substituents is 1. The number of hydrogen-bond acceptors (Lipinski definition) is 7. The zero-order chi connectivity index (χ0) is 21.8. The van der Waals surface area contributed by atoms with E-state index in [-0.39, 0.29) is 17.7 Å². The van der Waals surface area contributed by atoms with Gasteiger partial charge in [0.25, 0.3) is 11.2 Å². The van der Waals surface area contributed by atoms with Crippen molar-refractivity contribution in [3.8, 4) is 11.3 Å². The first-order valence-electron chi connectivity index (χ1n) is 9.14. The van der Waals surface area contributed by atoms with Crippen LogP contribution in [-0.4, -0.2) is 27.2 Å². The van der Waals surface area contributed by atoms with Crippen molar-refractivity contribution in [2.45, 2.75) is 6.42 Å². The van der Waals surface area contributed by atoms with E-state index in [4.69, 9.17) is 4.42 Å². The van der Waals surface area contributed by atoms with Crippen molar-refractivity contribution in [2.24, 2.45) is 5.10 Å². The van der Waals surface area contributed by atoms with E-state index >= 15 is 0 Å². The summed E-state index contributed by atoms with van der Waals surface area (Å²) in [6.07, 6.45) is 1.27. The zero-order valence-corrected chi connectivity index (χ0v) is 15.9. The van der Waals surface area contributed by atoms with Crippen molar-refractivity contribution in [3.63, 3.8) is 0 Å². The van der Waals surface area contributed by atoms with Crippen molar-refractivity contribution in [1.29, 1.82) is 0 Å². The molecule has 0 radical (unpaired) electrons. The molecule has 4 aromatic rings. The Morgan fingerprint density at radius 2 is 1.87 bits per heavy atom. The average molecular weight is 417 g/mol. The summed E-state index contributed by atoms with van der Waals surface area (Å²) in [6, 6.07) is 16.2. The quantitative estimate of drug-likeness (QED) is 0.280. The minimum atomic E-state index is -0.474. The molecule has 4 rings (SSSR count). The number of nitro benzene ring substituents is 1. The van der Waals surface area contributed by atoms with Crippen LogP contribution >= 0.6 is 0 Å². The molecule has 0 bridgehead atoms. The number of carbonyl (C=O) groups excluding carboxylic acids is 1. The Hall–Kier alpha value is -4.60. The van der Waals surface area contributed by atoms with Gasteiger partial charge in [-0.25, -0.2) is 10.5 Å². The van der Waals surface area contributed by atoms with Crippen LogP contribution in [0.5, 0.6) is 0 Å². The Bertz CT molecular complexity index is 1350. The van der Waals surface area contributed by atoms with Crippen molar-refractivity contribution < 1.29 is 14.1 Å². The molecule has 2 N–H and O–H groups in total. The van der Waals surface area contributed by atoms with Crippen LogP contribution in [0, 0.1) is 10.1 Å². The third kappa shape index (κ3) is 4.37. The van der Waals surface area contributed by atoms with Crippen LogP contribution in [0.15, 0.2) is 75.0 Å². The normalized spacial score (nSPS) is 11.1. The summed E-state index contributed by atoms with van der Waals surface area (Å²) in [5, 5.41) is 22.0. The highest BCUT2D eigenvalue weighted by molar-refractivity contribution is 5.88. The van der Waals surface area contributed by atoms with Gasteiger partial charge in [-0.3, -0.25) is 19.7 Å². The van der Waals surface area contributed by atoms with Gasteiger partial charge >= 0.3 is 0 Å². The van der Waals surface area contributed by atoms with Crippen LogP contribution in [0.2, 0.25) is 0 Å². The van der Waals surface area contributed by atoms with E-state index in [0.29, 0.717) is 33.6 Å². The lowest BCUT2D eigenvalue weighted by Crippen LogP contribution is -2.22. The molecule has 2 aromatic carbocycles. The lowest BCUT2D eigenvalue weighted by atomic mass is 10.1. The first-order valence-corrected chi connectivity index (χ1v) is 9.14. The van der Waals surface area contributed by atoms with E-state index < -0.39 is 10.8 Å². The number of hydrogen-bond donors (Lipinski definition) is 2. The average Bonchev–Trinajstić information content (AvgIpc) is 3.25. The number of furan rings is 1. The van der Waals surface area contributed by atoms with Crippen LogP contribution < -0.4 is 11.0 Å². The second kappa shape index (κ2) is 8.41. The van der Waals surface area contributed by atoms with Gasteiger partial charge in [0.1, 0.15) is 11.5 Å². The Morgan fingerprint density at radius 1 is 1.13 bits per heavy atom. The summed E-state index contributed by atoms with van der Waals surface area (Å²) in [7, 11) is 0. The number of hydrazone groups is 1. The van der Waals surface area contributed by atoms with Gasteiger partial charge < -0.3 is 4.42 Å². The number of fused-ring (bicyclic) bond motifs is 1. The molecule has 0 aliphatic rings. The van der Waals surface area contributed by atoms with Gasteiger partial charge in [0.2, 0.25) is 5.91 Å². The Kier molecular flexibility index (Phi) is 5.35. The summed E-state index contributed by atoms with van der Waals surface area (Å²) in [5.74, 6) is 0.482. The molecule has 154 valence electrons. The standard InChI is InChI=1S/C21H15N5O5/c27-20(11-18-16-3-1-2-4-17(16)21(28)25-23-18)24-22-12-15-9-10-19(31-15)13-5-7-14(8-6-13)26(29)30/h1-10,12H,11H2,(H,24,27)(H,25,28)/b22-12+. The predicted octanol–water partition coefficient (Wildman–Crippen LogP) is 2.78. The number of benzene rings is 2. The third-order valence-electron chi connectivity index (χ3n) is 4.47. The predicted molar refractivity (Wildman–Crippen MR) is 113 cm³/mol. The first kappa shape index (κ1) is 19.7. The summed E-state index contributed by atoms with van der Waals surface area (Å²) in [6.45, 7) is 0. The fraction of sp³-hybridized carbons (Fsp3) is 0.0476. The monoisotopic (exact) mass is 417 g/mol. The van der Waals surface area contributed by atoms with Crippen LogP contribution in [0.4, 0.5) is 5.69 Å². The molecule has 10 heteroatoms. The fourth-order valence-electron chi connectivity index (χ4n) is 2.99. The van der Waals surface area contributed by atoms with Crippen molar-refractivity contribution in [3.05, 3.63) is 92.6 Å². The maximum atomic E-state index is 12.2. The number of rotatable bonds is 6. The van der Waals surface area contributed by atoms with Crippen molar-refractivity contribution in [2.75, 3.05) is 0 Å². The molecule has 0 aliphatic heterocycles. The number of amides is 1. The number of H-pyrrole nitrogens is 1. The summed E-state index contributed by atoms with van der Waals surface area (Å²) < 4.78 is 5.62. The second-order valence-corrected chi connectivity index (χ2v) is 6.52. The highest BCUT2D eigenvalue weighted by Crippen LogP contribution is 2.24. The van der Waals surface area contributed by atoms with E-state index in [0.717, 1.165) is 0 Å². The van der Waals surface area contributed by atoms with Gasteiger partial charge in [-0.05, 0) is 30.3 Å². The minimum absolute atomic E-state index is 0.00966. The zero-order valence-electron chi connectivity index (χ0n) is 15.9. The molecular formula is C21H15N5O5. The van der Waals surface area contributed by atoms with E-state index in [1.165, 1.54) is 18.3 Å². The maximum absolute atomic E-state index is 12.2. The van der Waals surface area contributed by atoms with Crippen LogP contribution in [0.25, 0.3) is 22.1 Å². The van der Waals surface area contributed by atoms with Crippen LogP contribution in [0.3, 0.4) is 0 Å². The van der Waals surface area contributed by atoms with E-state index in [2.05, 4.69) is 20.7 Å². The summed E-state index contributed by atoms with van der Waals surface area (Å²) >= 11 is 0. The highest BCUT2D eigenvalue weighted by atomic mass is 16.6. The third-order valence-corrected chi connectivity index (χ3v) is 4.47. The molecule has 0 atom stereocenters. The molecule has 0 saturated carbocycles. The number of aromatic nitrogens is 2. The van der Waals surface area contributed by atoms with Gasteiger partial charge in [0.15, 0.2) is 0 Å². The Labute approximate surface area is 174 Å². The largest absolute Gasteiger partial charge is 0.455 e. The van der Waals surface area contributed by atoms with Crippen molar-refractivity contribution >= 4 is 28.6 Å². The van der Waals surface area contributed by atoms with Gasteiger partial charge in [0.05, 0.1) is 28.6 Å². The number of aromatic amines is 1. The lowest BCUT2D eigenvalue weighted by Gasteiger charge is -2.03. The topological polar surface area (TPSA) is 143 Å². The molecule has 10 nitrogen and oxygen atoms in total. The molecule has 0 unspecified atom stereocenters. The number of nitrogens with zero attached hydrogens (tertiary/aromatic N) is 3. The number of nitrogens with one attached hydrogen (secondary N) is 2. The second-order valence-electron chi connectivity index (χ2n) is 6.52. The van der Waals surface area contributed by atoms with Gasteiger partial charge in [-0.1, -0.05) is 18.2 Å². The molecule has 2 heterocycles. The van der Waals surface area contributed by atoms with E-state index in [1.54, 1.807) is 48.5 Å². The van der Waals surface area contributed by atoms with Crippen LogP contribution in [0.1, 0.15) is 11.5 Å². The summed E-state index contributed by atoms with van der Waals surface area (Å²) in [4.78, 5) is 34.3. The highest BCUT2D eigenvalue weighted by Gasteiger charge is 2.11. The van der Waals surface area contributed by atoms with E-state index in [9.17, 15) is 19.7 Å². The molecule has 0 spiro atoms.